The molecule has 0 N–H and O–H groups in total. The van der Waals surface area contributed by atoms with E-state index in [1.807, 2.05) is 0 Å². The smallest absolute Gasteiger partial charge is 0.406 e. The van der Waals surface area contributed by atoms with Crippen LogP contribution in [0.15, 0.2) is 12.3 Å². The molecule has 0 heterocycles. The molecule has 0 saturated heterocycles. The molecule has 0 aromatic rings. The lowest BCUT2D eigenvalue weighted by Crippen LogP contribution is -2.10. The van der Waals surface area contributed by atoms with E-state index in [9.17, 15) is 4.79 Å². The van der Waals surface area contributed by atoms with Gasteiger partial charge in [-0.1, -0.05) is 0 Å². The summed E-state index contributed by atoms with van der Waals surface area (Å²) in [5, 5.41) is 0. The average molecular weight is 160 g/mol. The number of carbonyl (C=O) groups is 1. The molecule has 0 aromatic carbocycles. The van der Waals surface area contributed by atoms with Crippen LogP contribution in [-0.4, -0.2) is 19.2 Å². The molecule has 0 unspecified atom stereocenters. The second kappa shape index (κ2) is 5.73. The molecular weight excluding hydrogens is 148 g/mol. The van der Waals surface area contributed by atoms with Crippen LogP contribution in [0.3, 0.4) is 0 Å². The molecule has 0 aliphatic rings. The molecule has 4 heteroatoms. The van der Waals surface area contributed by atoms with Crippen LogP contribution in [0.25, 0.3) is 0 Å². The number of ether oxygens (including phenoxy) is 1. The number of rotatable bonds is 5. The summed E-state index contributed by atoms with van der Waals surface area (Å²) in [7, 11) is 0. The van der Waals surface area contributed by atoms with E-state index in [0.29, 0.717) is 13.2 Å². The van der Waals surface area contributed by atoms with Crippen molar-refractivity contribution in [3.63, 3.8) is 0 Å². The second-order valence-electron chi connectivity index (χ2n) is 1.63. The maximum absolute atomic E-state index is 10.7. The van der Waals surface area contributed by atoms with Crippen molar-refractivity contribution >= 4 is 5.97 Å². The van der Waals surface area contributed by atoms with Crippen LogP contribution in [-0.2, 0) is 19.3 Å². The van der Waals surface area contributed by atoms with E-state index < -0.39 is 5.97 Å². The molecule has 0 bridgehead atoms. The van der Waals surface area contributed by atoms with Gasteiger partial charge in [-0.15, -0.1) is 0 Å². The normalized spacial score (nSPS) is 8.91. The quantitative estimate of drug-likeness (QED) is 0.261. The molecule has 0 aliphatic carbocycles. The van der Waals surface area contributed by atoms with Crippen molar-refractivity contribution in [1.29, 1.82) is 0 Å². The highest BCUT2D eigenvalue weighted by atomic mass is 17.2. The van der Waals surface area contributed by atoms with E-state index >= 15 is 0 Å². The fourth-order valence-electron chi connectivity index (χ4n) is 0.392. The maximum atomic E-state index is 10.7. The molecule has 0 aromatic heterocycles. The third-order valence-corrected chi connectivity index (χ3v) is 0.799. The predicted molar refractivity (Wildman–Crippen MR) is 38.5 cm³/mol. The van der Waals surface area contributed by atoms with Gasteiger partial charge in [0, 0.05) is 0 Å². The van der Waals surface area contributed by atoms with E-state index in [1.165, 1.54) is 0 Å². The van der Waals surface area contributed by atoms with Gasteiger partial charge >= 0.3 is 5.97 Å². The molecule has 0 spiro atoms. The van der Waals surface area contributed by atoms with Crippen molar-refractivity contribution in [2.24, 2.45) is 0 Å². The van der Waals surface area contributed by atoms with E-state index in [4.69, 9.17) is 4.74 Å². The molecule has 64 valence electrons. The maximum Gasteiger partial charge on any atom is 0.406 e. The highest BCUT2D eigenvalue weighted by Gasteiger charge is 2.09. The zero-order valence-corrected chi connectivity index (χ0v) is 6.75. The molecule has 0 saturated carbocycles. The van der Waals surface area contributed by atoms with Crippen LogP contribution < -0.4 is 0 Å². The highest BCUT2D eigenvalue weighted by Crippen LogP contribution is 1.96. The molecule has 0 amide bonds. The Labute approximate surface area is 65.7 Å². The minimum Gasteiger partial charge on any atom is -0.487 e. The van der Waals surface area contributed by atoms with Gasteiger partial charge in [0.1, 0.15) is 0 Å². The molecule has 0 fully saturated rings. The zero-order chi connectivity index (χ0) is 8.69. The lowest BCUT2D eigenvalue weighted by atomic mass is 10.6. The summed E-state index contributed by atoms with van der Waals surface area (Å²) in [6.45, 7) is 7.47. The van der Waals surface area contributed by atoms with Gasteiger partial charge in [0.05, 0.1) is 13.2 Å². The summed E-state index contributed by atoms with van der Waals surface area (Å²) in [5.74, 6) is -0.727. The Morgan fingerprint density at radius 3 is 2.45 bits per heavy atom. The average Bonchev–Trinajstić information content (AvgIpc) is 2.00. The minimum absolute atomic E-state index is 0.0408. The third-order valence-electron chi connectivity index (χ3n) is 0.799. The summed E-state index contributed by atoms with van der Waals surface area (Å²) in [4.78, 5) is 19.3. The van der Waals surface area contributed by atoms with E-state index in [-0.39, 0.29) is 5.76 Å². The van der Waals surface area contributed by atoms with Gasteiger partial charge in [-0.3, -0.25) is 4.89 Å². The van der Waals surface area contributed by atoms with Crippen molar-refractivity contribution in [1.82, 2.24) is 0 Å². The first-order chi connectivity index (χ1) is 5.22. The van der Waals surface area contributed by atoms with Gasteiger partial charge < -0.3 is 4.74 Å². The van der Waals surface area contributed by atoms with Crippen LogP contribution in [0, 0.1) is 0 Å². The van der Waals surface area contributed by atoms with Crippen LogP contribution in [0.4, 0.5) is 0 Å². The van der Waals surface area contributed by atoms with Crippen LogP contribution in [0.1, 0.15) is 13.8 Å². The predicted octanol–water partition coefficient (Wildman–Crippen LogP) is 1.03. The second-order valence-corrected chi connectivity index (χ2v) is 1.63. The molecular formula is C7H12O4. The van der Waals surface area contributed by atoms with Crippen LogP contribution >= 0.6 is 0 Å². The van der Waals surface area contributed by atoms with Gasteiger partial charge in [-0.05, 0) is 20.4 Å². The summed E-state index contributed by atoms with van der Waals surface area (Å²) in [6.07, 6.45) is 0. The number of hydrogen-bond acceptors (Lipinski definition) is 4. The molecule has 11 heavy (non-hydrogen) atoms. The zero-order valence-electron chi connectivity index (χ0n) is 6.75. The van der Waals surface area contributed by atoms with E-state index in [2.05, 4.69) is 16.4 Å². The van der Waals surface area contributed by atoms with Crippen molar-refractivity contribution in [3.8, 4) is 0 Å². The fraction of sp³-hybridized carbons (Fsp3) is 0.571. The standard InChI is InChI=1S/C7H12O4/c1-4-9-6(3)7(8)11-10-5-2/h3-5H2,1-2H3. The first-order valence-corrected chi connectivity index (χ1v) is 3.37. The van der Waals surface area contributed by atoms with Crippen molar-refractivity contribution < 1.29 is 19.3 Å². The molecule has 0 atom stereocenters. The van der Waals surface area contributed by atoms with Gasteiger partial charge in [-0.2, -0.15) is 4.89 Å². The van der Waals surface area contributed by atoms with Crippen LogP contribution in [0.2, 0.25) is 0 Å². The van der Waals surface area contributed by atoms with Crippen LogP contribution in [0.5, 0.6) is 0 Å². The summed E-state index contributed by atoms with van der Waals surface area (Å²) < 4.78 is 4.75. The van der Waals surface area contributed by atoms with E-state index in [1.54, 1.807) is 13.8 Å². The van der Waals surface area contributed by atoms with Gasteiger partial charge in [0.25, 0.3) is 0 Å². The minimum atomic E-state index is -0.686. The number of carbonyl (C=O) groups excluding carboxylic acids is 1. The number of hydrogen-bond donors (Lipinski definition) is 0. The van der Waals surface area contributed by atoms with Gasteiger partial charge in [0.15, 0.2) is 5.76 Å². The first-order valence-electron chi connectivity index (χ1n) is 3.37. The highest BCUT2D eigenvalue weighted by molar-refractivity contribution is 5.84. The van der Waals surface area contributed by atoms with Gasteiger partial charge in [0.2, 0.25) is 0 Å². The summed E-state index contributed by atoms with van der Waals surface area (Å²) in [6, 6.07) is 0. The monoisotopic (exact) mass is 160 g/mol. The Hall–Kier alpha value is -1.03. The Balaban J connectivity index is 3.56. The lowest BCUT2D eigenvalue weighted by Gasteiger charge is -2.03. The van der Waals surface area contributed by atoms with Crippen molar-refractivity contribution in [2.75, 3.05) is 13.2 Å². The first kappa shape index (κ1) is 9.97. The fourth-order valence-corrected chi connectivity index (χ4v) is 0.392. The largest absolute Gasteiger partial charge is 0.487 e. The Morgan fingerprint density at radius 2 is 2.00 bits per heavy atom. The van der Waals surface area contributed by atoms with Crippen molar-refractivity contribution in [3.05, 3.63) is 12.3 Å². The molecule has 0 aliphatic heterocycles. The van der Waals surface area contributed by atoms with Crippen molar-refractivity contribution in [2.45, 2.75) is 13.8 Å². The lowest BCUT2D eigenvalue weighted by molar-refractivity contribution is -0.268. The molecule has 0 rings (SSSR count). The third kappa shape index (κ3) is 4.38. The Morgan fingerprint density at radius 1 is 1.36 bits per heavy atom. The topological polar surface area (TPSA) is 44.8 Å². The Bertz CT molecular complexity index is 141. The SMILES string of the molecule is C=C(OCC)C(=O)OOCC. The van der Waals surface area contributed by atoms with Gasteiger partial charge in [-0.25, -0.2) is 4.79 Å². The molecule has 0 radical (unpaired) electrons. The van der Waals surface area contributed by atoms with E-state index in [0.717, 1.165) is 0 Å². The Kier molecular flexibility index (Phi) is 5.20. The molecule has 4 nitrogen and oxygen atoms in total. The summed E-state index contributed by atoms with van der Waals surface area (Å²) >= 11 is 0. The summed E-state index contributed by atoms with van der Waals surface area (Å²) in [5.41, 5.74) is 0.